The molecule has 2 aromatic rings. The largest absolute Gasteiger partial charge is 0.481 e. The van der Waals surface area contributed by atoms with Gasteiger partial charge in [-0.1, -0.05) is 0 Å². The maximum atomic E-state index is 10.4. The van der Waals surface area contributed by atoms with Crippen molar-refractivity contribution >= 4 is 5.97 Å². The molecule has 0 bridgehead atoms. The highest BCUT2D eigenvalue weighted by atomic mass is 16.4. The molecule has 1 N–H and O–H groups in total. The average Bonchev–Trinajstić information content (AvgIpc) is 2.69. The average molecular weight is 193 g/mol. The number of oxazole rings is 1. The first-order valence-corrected chi connectivity index (χ1v) is 3.96. The first kappa shape index (κ1) is 8.55. The second-order valence-electron chi connectivity index (χ2n) is 2.68. The molecule has 0 spiro atoms. The van der Waals surface area contributed by atoms with E-state index >= 15 is 0 Å². The molecular weight excluding hydrogens is 186 g/mol. The van der Waals surface area contributed by atoms with Crippen LogP contribution in [0, 0.1) is 0 Å². The fourth-order valence-corrected chi connectivity index (χ4v) is 1.05. The van der Waals surface area contributed by atoms with Gasteiger partial charge in [0.1, 0.15) is 12.2 Å². The second kappa shape index (κ2) is 3.37. The fraction of sp³-hybridized carbons (Fsp3) is 0.111. The van der Waals surface area contributed by atoms with Gasteiger partial charge in [-0.15, -0.1) is 0 Å². The number of carbonyl (C=O) groups is 1. The van der Waals surface area contributed by atoms with Gasteiger partial charge in [0.15, 0.2) is 5.76 Å². The molecule has 0 aromatic carbocycles. The first-order chi connectivity index (χ1) is 6.75. The number of hydrogen-bond acceptors (Lipinski definition) is 4. The van der Waals surface area contributed by atoms with E-state index in [1.165, 1.54) is 12.5 Å². The number of carboxylic acids is 1. The maximum absolute atomic E-state index is 10.4. The second-order valence-corrected chi connectivity index (χ2v) is 2.68. The van der Waals surface area contributed by atoms with Crippen molar-refractivity contribution in [2.45, 2.75) is 6.42 Å². The Morgan fingerprint density at radius 1 is 1.57 bits per heavy atom. The van der Waals surface area contributed by atoms with E-state index in [0.717, 1.165) is 0 Å². The van der Waals surface area contributed by atoms with Crippen molar-refractivity contribution in [1.29, 1.82) is 0 Å². The van der Waals surface area contributed by atoms with Crippen LogP contribution in [0.4, 0.5) is 0 Å². The third kappa shape index (κ3) is 1.66. The van der Waals surface area contributed by atoms with Crippen LogP contribution in [0.2, 0.25) is 0 Å². The quantitative estimate of drug-likeness (QED) is 0.800. The molecule has 0 unspecified atom stereocenters. The first-order valence-electron chi connectivity index (χ1n) is 3.96. The van der Waals surface area contributed by atoms with Gasteiger partial charge in [0.2, 0.25) is 0 Å². The summed E-state index contributed by atoms with van der Waals surface area (Å²) in [5.41, 5.74) is 0. The summed E-state index contributed by atoms with van der Waals surface area (Å²) in [6, 6.07) is 3.40. The Morgan fingerprint density at radius 3 is 3.07 bits per heavy atom. The van der Waals surface area contributed by atoms with E-state index in [1.54, 1.807) is 12.1 Å². The zero-order chi connectivity index (χ0) is 9.97. The summed E-state index contributed by atoms with van der Waals surface area (Å²) in [5.74, 6) is 0.143. The molecule has 0 saturated carbocycles. The molecule has 0 aliphatic carbocycles. The Hall–Kier alpha value is -2.04. The van der Waals surface area contributed by atoms with Gasteiger partial charge in [-0.2, -0.15) is 0 Å². The summed E-state index contributed by atoms with van der Waals surface area (Å²) in [5, 5.41) is 8.50. The smallest absolute Gasteiger partial charge is 0.311 e. The fourth-order valence-electron chi connectivity index (χ4n) is 1.05. The number of rotatable bonds is 3. The van der Waals surface area contributed by atoms with Crippen LogP contribution in [0.25, 0.3) is 11.7 Å². The summed E-state index contributed by atoms with van der Waals surface area (Å²) < 4.78 is 10.2. The third-order valence-electron chi connectivity index (χ3n) is 1.61. The van der Waals surface area contributed by atoms with Crippen molar-refractivity contribution in [2.75, 3.05) is 0 Å². The lowest BCUT2D eigenvalue weighted by Crippen LogP contribution is -1.97. The normalized spacial score (nSPS) is 10.3. The SMILES string of the molecule is O=C(O)Cc1cnc(-c2ccco2)o1. The number of hydrogen-bond donors (Lipinski definition) is 1. The van der Waals surface area contributed by atoms with Gasteiger partial charge in [0.25, 0.3) is 5.89 Å². The van der Waals surface area contributed by atoms with Crippen LogP contribution in [0.1, 0.15) is 5.76 Å². The molecule has 5 heteroatoms. The molecular formula is C9H7NO4. The van der Waals surface area contributed by atoms with E-state index < -0.39 is 5.97 Å². The molecule has 0 radical (unpaired) electrons. The van der Waals surface area contributed by atoms with Crippen LogP contribution in [-0.4, -0.2) is 16.1 Å². The lowest BCUT2D eigenvalue weighted by atomic mass is 10.4. The minimum absolute atomic E-state index is 0.173. The minimum atomic E-state index is -0.952. The van der Waals surface area contributed by atoms with E-state index in [1.807, 2.05) is 0 Å². The van der Waals surface area contributed by atoms with Crippen LogP contribution in [0.15, 0.2) is 33.4 Å². The predicted molar refractivity (Wildman–Crippen MR) is 45.5 cm³/mol. The van der Waals surface area contributed by atoms with Gasteiger partial charge in [-0.05, 0) is 12.1 Å². The van der Waals surface area contributed by atoms with Crippen LogP contribution in [0.5, 0.6) is 0 Å². The molecule has 2 rings (SSSR count). The lowest BCUT2D eigenvalue weighted by Gasteiger charge is -1.88. The molecule has 0 amide bonds. The predicted octanol–water partition coefficient (Wildman–Crippen LogP) is 1.56. The monoisotopic (exact) mass is 193 g/mol. The van der Waals surface area contributed by atoms with E-state index in [0.29, 0.717) is 17.4 Å². The summed E-state index contributed by atoms with van der Waals surface area (Å²) in [6.07, 6.45) is 2.70. The number of aromatic nitrogens is 1. The highest BCUT2D eigenvalue weighted by Gasteiger charge is 2.10. The van der Waals surface area contributed by atoms with Crippen LogP contribution >= 0.6 is 0 Å². The van der Waals surface area contributed by atoms with Gasteiger partial charge < -0.3 is 13.9 Å². The molecule has 72 valence electrons. The Bertz CT molecular complexity index is 429. The van der Waals surface area contributed by atoms with Crippen molar-refractivity contribution in [3.05, 3.63) is 30.4 Å². The third-order valence-corrected chi connectivity index (χ3v) is 1.61. The molecule has 2 heterocycles. The zero-order valence-corrected chi connectivity index (χ0v) is 7.14. The molecule has 14 heavy (non-hydrogen) atoms. The number of furan rings is 1. The topological polar surface area (TPSA) is 76.5 Å². The summed E-state index contributed by atoms with van der Waals surface area (Å²) in [7, 11) is 0. The van der Waals surface area contributed by atoms with Crippen LogP contribution in [0.3, 0.4) is 0 Å². The van der Waals surface area contributed by atoms with E-state index in [9.17, 15) is 4.79 Å². The Kier molecular flexibility index (Phi) is 2.06. The Morgan fingerprint density at radius 2 is 2.43 bits per heavy atom. The summed E-state index contributed by atoms with van der Waals surface area (Å²) >= 11 is 0. The zero-order valence-electron chi connectivity index (χ0n) is 7.14. The van der Waals surface area contributed by atoms with Gasteiger partial charge >= 0.3 is 5.97 Å². The molecule has 0 aliphatic rings. The van der Waals surface area contributed by atoms with Crippen LogP contribution in [-0.2, 0) is 11.2 Å². The molecule has 5 nitrogen and oxygen atoms in total. The Labute approximate surface area is 79.0 Å². The van der Waals surface area contributed by atoms with Crippen molar-refractivity contribution in [3.63, 3.8) is 0 Å². The molecule has 0 atom stereocenters. The van der Waals surface area contributed by atoms with E-state index in [-0.39, 0.29) is 6.42 Å². The highest BCUT2D eigenvalue weighted by molar-refractivity contribution is 5.69. The minimum Gasteiger partial charge on any atom is -0.481 e. The van der Waals surface area contributed by atoms with Gasteiger partial charge in [-0.3, -0.25) is 4.79 Å². The standard InChI is InChI=1S/C9H7NO4/c11-8(12)4-6-5-10-9(14-6)7-2-1-3-13-7/h1-3,5H,4H2,(H,11,12). The molecule has 0 fully saturated rings. The van der Waals surface area contributed by atoms with Crippen LogP contribution < -0.4 is 0 Å². The van der Waals surface area contributed by atoms with Crippen molar-refractivity contribution in [2.24, 2.45) is 0 Å². The number of aliphatic carboxylic acids is 1. The number of carboxylic acid groups (broad SMARTS) is 1. The molecule has 0 aliphatic heterocycles. The molecule has 2 aromatic heterocycles. The number of nitrogens with zero attached hydrogens (tertiary/aromatic N) is 1. The van der Waals surface area contributed by atoms with Gasteiger partial charge in [0, 0.05) is 0 Å². The van der Waals surface area contributed by atoms with Gasteiger partial charge in [0.05, 0.1) is 12.5 Å². The Balaban J connectivity index is 2.22. The maximum Gasteiger partial charge on any atom is 0.311 e. The van der Waals surface area contributed by atoms with Crippen molar-refractivity contribution in [3.8, 4) is 11.7 Å². The van der Waals surface area contributed by atoms with Crippen molar-refractivity contribution in [1.82, 2.24) is 4.98 Å². The van der Waals surface area contributed by atoms with Gasteiger partial charge in [-0.25, -0.2) is 4.98 Å². The van der Waals surface area contributed by atoms with E-state index in [4.69, 9.17) is 13.9 Å². The highest BCUT2D eigenvalue weighted by Crippen LogP contribution is 2.19. The van der Waals surface area contributed by atoms with Crippen molar-refractivity contribution < 1.29 is 18.7 Å². The van der Waals surface area contributed by atoms with E-state index in [2.05, 4.69) is 4.98 Å². The molecule has 0 saturated heterocycles. The summed E-state index contributed by atoms with van der Waals surface area (Å²) in [4.78, 5) is 14.2. The summed E-state index contributed by atoms with van der Waals surface area (Å²) in [6.45, 7) is 0. The lowest BCUT2D eigenvalue weighted by molar-refractivity contribution is -0.136.